The third kappa shape index (κ3) is 4.43. The quantitative estimate of drug-likeness (QED) is 0.314. The molecule has 0 atom stereocenters. The number of fused-ring (bicyclic) bond motifs is 1. The van der Waals surface area contributed by atoms with Crippen LogP contribution in [-0.4, -0.2) is 26.7 Å². The minimum atomic E-state index is -1.77. The van der Waals surface area contributed by atoms with E-state index in [1.54, 1.807) is 3.27 Å². The number of pyridine rings is 1. The van der Waals surface area contributed by atoms with E-state index >= 15 is 0 Å². The van der Waals surface area contributed by atoms with E-state index in [2.05, 4.69) is 90.9 Å². The first-order valence-corrected chi connectivity index (χ1v) is 15.8. The second kappa shape index (κ2) is 8.40. The predicted octanol–water partition coefficient (Wildman–Crippen LogP) is 6.86. The first-order valence-electron chi connectivity index (χ1n) is 10.1. The number of hydrogen-bond donors (Lipinski definition) is 0. The fraction of sp³-hybridized carbons (Fsp3) is 0.400. The molecule has 0 fully saturated rings. The molecule has 2 aromatic carbocycles. The van der Waals surface area contributed by atoms with Gasteiger partial charge < -0.3 is 0 Å². The molecule has 0 amide bonds. The molecule has 0 N–H and O–H groups in total. The number of rotatable bonds is 5. The van der Waals surface area contributed by atoms with E-state index < -0.39 is 21.8 Å². The molecule has 3 rings (SSSR count). The maximum absolute atomic E-state index is 4.81. The topological polar surface area (TPSA) is 12.9 Å². The minimum absolute atomic E-state index is 0.545. The molecule has 0 spiro atoms. The van der Waals surface area contributed by atoms with E-state index in [0.717, 1.165) is 12.9 Å². The molecule has 142 valence electrons. The molecule has 0 bridgehead atoms. The Morgan fingerprint density at radius 3 is 2.15 bits per heavy atom. The van der Waals surface area contributed by atoms with Gasteiger partial charge in [-0.3, -0.25) is 0 Å². The number of nitrogens with zero attached hydrogens (tertiary/aromatic N) is 1. The van der Waals surface area contributed by atoms with Gasteiger partial charge in [0.05, 0.1) is 0 Å². The maximum atomic E-state index is 4.81. The molecule has 0 radical (unpaired) electrons. The number of hydrogen-bond acceptors (Lipinski definition) is 1. The zero-order chi connectivity index (χ0) is 19.7. The zero-order valence-corrected chi connectivity index (χ0v) is 21.2. The molecular formula is C25H32BiN. The number of aryl methyl sites for hydroxylation is 1. The Balaban J connectivity index is 2.17. The van der Waals surface area contributed by atoms with Gasteiger partial charge in [0.15, 0.2) is 0 Å². The van der Waals surface area contributed by atoms with Gasteiger partial charge in [0.2, 0.25) is 0 Å². The monoisotopic (exact) mass is 555 g/mol. The normalized spacial score (nSPS) is 12.1. The summed E-state index contributed by atoms with van der Waals surface area (Å²) in [6.07, 6.45) is 1.97. The molecule has 27 heavy (non-hydrogen) atoms. The van der Waals surface area contributed by atoms with Crippen LogP contribution >= 0.6 is 0 Å². The molecule has 0 unspecified atom stereocenters. The molecule has 0 aliphatic heterocycles. The molecule has 0 aliphatic rings. The van der Waals surface area contributed by atoms with Gasteiger partial charge >= 0.3 is 173 Å². The van der Waals surface area contributed by atoms with Crippen molar-refractivity contribution in [3.8, 4) is 11.3 Å². The van der Waals surface area contributed by atoms with E-state index in [0.29, 0.717) is 5.92 Å². The van der Waals surface area contributed by atoms with Crippen LogP contribution in [0, 0.1) is 6.92 Å². The van der Waals surface area contributed by atoms with E-state index in [1.807, 2.05) is 6.20 Å². The van der Waals surface area contributed by atoms with Crippen LogP contribution in [0.5, 0.6) is 0 Å². The zero-order valence-electron chi connectivity index (χ0n) is 17.7. The summed E-state index contributed by atoms with van der Waals surface area (Å²) in [7, 11) is 0. The van der Waals surface area contributed by atoms with Crippen LogP contribution in [0.3, 0.4) is 0 Å². The summed E-state index contributed by atoms with van der Waals surface area (Å²) < 4.78 is 3.29. The van der Waals surface area contributed by atoms with Crippen LogP contribution in [0.1, 0.15) is 58.6 Å². The Morgan fingerprint density at radius 1 is 0.815 bits per heavy atom. The number of aromatic nitrogens is 1. The standard InChI is InChI=1S/C19H18N.2C3H7.Bi/c1-13(2)15-7-8-18-16(12-15)9-10-20-19(18)17-6-4-5-14(3)11-17;2*1-3-2;/h5-13H,1-3H3;2*3H,1-2H3;. The van der Waals surface area contributed by atoms with Crippen molar-refractivity contribution in [3.63, 3.8) is 0 Å². The summed E-state index contributed by atoms with van der Waals surface area (Å²) in [6, 6.07) is 16.2. The van der Waals surface area contributed by atoms with Crippen molar-refractivity contribution in [2.75, 3.05) is 0 Å². The van der Waals surface area contributed by atoms with E-state index in [4.69, 9.17) is 4.98 Å². The van der Waals surface area contributed by atoms with Gasteiger partial charge in [0.1, 0.15) is 0 Å². The Bertz CT molecular complexity index is 932. The van der Waals surface area contributed by atoms with Crippen LogP contribution in [0.15, 0.2) is 48.7 Å². The second-order valence-corrected chi connectivity index (χ2v) is 21.7. The van der Waals surface area contributed by atoms with Crippen LogP contribution in [0.25, 0.3) is 22.0 Å². The fourth-order valence-electron chi connectivity index (χ4n) is 4.03. The molecule has 1 nitrogen and oxygen atoms in total. The van der Waals surface area contributed by atoms with Crippen molar-refractivity contribution in [1.82, 2.24) is 4.98 Å². The number of benzene rings is 2. The average Bonchev–Trinajstić information content (AvgIpc) is 2.59. The van der Waals surface area contributed by atoms with Crippen molar-refractivity contribution in [3.05, 3.63) is 59.8 Å². The summed E-state index contributed by atoms with van der Waals surface area (Å²) in [5.41, 5.74) is 5.17. The third-order valence-corrected chi connectivity index (χ3v) is 17.2. The summed E-state index contributed by atoms with van der Waals surface area (Å²) in [5, 5.41) is 2.56. The summed E-state index contributed by atoms with van der Waals surface area (Å²) in [6.45, 7) is 16.4. The van der Waals surface area contributed by atoms with E-state index in [1.165, 1.54) is 27.5 Å². The van der Waals surface area contributed by atoms with Crippen LogP contribution < -0.4 is 3.27 Å². The average molecular weight is 556 g/mol. The molecule has 3 aromatic rings. The van der Waals surface area contributed by atoms with Gasteiger partial charge in [-0.1, -0.05) is 0 Å². The summed E-state index contributed by atoms with van der Waals surface area (Å²) in [5.74, 6) is 0.545. The van der Waals surface area contributed by atoms with Crippen molar-refractivity contribution in [2.24, 2.45) is 0 Å². The molecule has 0 aliphatic carbocycles. The Hall–Kier alpha value is -1.27. The third-order valence-electron chi connectivity index (χ3n) is 5.20. The molecule has 1 heterocycles. The Labute approximate surface area is 172 Å². The molecule has 2 heteroatoms. The molecule has 0 saturated carbocycles. The van der Waals surface area contributed by atoms with E-state index in [-0.39, 0.29) is 0 Å². The first kappa shape index (κ1) is 20.5. The summed E-state index contributed by atoms with van der Waals surface area (Å²) in [4.78, 5) is 4.81. The van der Waals surface area contributed by atoms with Crippen molar-refractivity contribution in [1.29, 1.82) is 0 Å². The van der Waals surface area contributed by atoms with Gasteiger partial charge in [-0.05, 0) is 0 Å². The van der Waals surface area contributed by atoms with Gasteiger partial charge in [-0.25, -0.2) is 0 Å². The SMILES string of the molecule is Cc1cc(-c2nccc3cc(C(C)C)ccc23)c[c]([Bi]([CH](C)C)[CH](C)C)c1. The molecule has 1 aromatic heterocycles. The van der Waals surface area contributed by atoms with Crippen molar-refractivity contribution < 1.29 is 0 Å². The first-order chi connectivity index (χ1) is 12.8. The fourth-order valence-corrected chi connectivity index (χ4v) is 15.8. The molecular weight excluding hydrogens is 523 g/mol. The summed E-state index contributed by atoms with van der Waals surface area (Å²) >= 11 is -1.77. The van der Waals surface area contributed by atoms with Crippen molar-refractivity contribution in [2.45, 2.75) is 61.6 Å². The van der Waals surface area contributed by atoms with Gasteiger partial charge in [-0.2, -0.15) is 0 Å². The van der Waals surface area contributed by atoms with E-state index in [9.17, 15) is 0 Å². The second-order valence-electron chi connectivity index (χ2n) is 8.45. The van der Waals surface area contributed by atoms with Crippen LogP contribution in [0.2, 0.25) is 7.25 Å². The van der Waals surface area contributed by atoms with Gasteiger partial charge in [0.25, 0.3) is 0 Å². The van der Waals surface area contributed by atoms with Crippen LogP contribution in [-0.2, 0) is 0 Å². The van der Waals surface area contributed by atoms with Gasteiger partial charge in [-0.15, -0.1) is 0 Å². The predicted molar refractivity (Wildman–Crippen MR) is 122 cm³/mol. The molecule has 0 saturated heterocycles. The Morgan fingerprint density at radius 2 is 1.52 bits per heavy atom. The van der Waals surface area contributed by atoms with Crippen LogP contribution in [0.4, 0.5) is 0 Å². The Kier molecular flexibility index (Phi) is 6.36. The van der Waals surface area contributed by atoms with Crippen molar-refractivity contribution >= 4 is 35.8 Å². The van der Waals surface area contributed by atoms with Gasteiger partial charge in [0, 0.05) is 0 Å².